The average molecular weight is 417 g/mol. The number of carbonyl (C=O) groups is 3. The number of carbonyl (C=O) groups excluding carboxylic acids is 3. The van der Waals surface area contributed by atoms with Crippen molar-refractivity contribution in [3.05, 3.63) is 23.9 Å². The molecule has 162 valence electrons. The Hall–Kier alpha value is -2.72. The van der Waals surface area contributed by atoms with Crippen LogP contribution in [0.2, 0.25) is 0 Å². The van der Waals surface area contributed by atoms with Crippen LogP contribution in [0.4, 0.5) is 5.82 Å². The Labute approximate surface area is 175 Å². The first-order chi connectivity index (χ1) is 14.6. The average Bonchev–Trinajstić information content (AvgIpc) is 2.84. The molecule has 10 nitrogen and oxygen atoms in total. The molecule has 0 spiro atoms. The summed E-state index contributed by atoms with van der Waals surface area (Å²) in [6.07, 6.45) is 1.69. The van der Waals surface area contributed by atoms with Crippen molar-refractivity contribution in [3.8, 4) is 0 Å². The fourth-order valence-electron chi connectivity index (χ4n) is 3.91. The predicted octanol–water partition coefficient (Wildman–Crippen LogP) is -0.939. The highest BCUT2D eigenvalue weighted by atomic mass is 16.5. The third-order valence-corrected chi connectivity index (χ3v) is 5.66. The summed E-state index contributed by atoms with van der Waals surface area (Å²) in [7, 11) is 0. The van der Waals surface area contributed by atoms with Gasteiger partial charge in [0.2, 0.25) is 0 Å². The van der Waals surface area contributed by atoms with Crippen molar-refractivity contribution >= 4 is 23.5 Å². The molecule has 1 aromatic rings. The molecule has 3 amide bonds. The molecule has 3 saturated heterocycles. The van der Waals surface area contributed by atoms with E-state index < -0.39 is 11.8 Å². The monoisotopic (exact) mass is 417 g/mol. The van der Waals surface area contributed by atoms with Gasteiger partial charge < -0.3 is 29.1 Å². The molecule has 3 aliphatic rings. The molecule has 1 aromatic heterocycles. The Morgan fingerprint density at radius 2 is 1.27 bits per heavy atom. The van der Waals surface area contributed by atoms with Gasteiger partial charge in [-0.15, -0.1) is 0 Å². The smallest absolute Gasteiger partial charge is 0.312 e. The van der Waals surface area contributed by atoms with Gasteiger partial charge in [-0.2, -0.15) is 0 Å². The Balaban J connectivity index is 1.37. The molecule has 0 aliphatic carbocycles. The van der Waals surface area contributed by atoms with E-state index in [2.05, 4.69) is 9.88 Å². The fraction of sp³-hybridized carbons (Fsp3) is 0.600. The standard InChI is InChI=1S/C20H27N5O5/c26-18(16-2-1-3-21-17(16)22-8-12-29-13-9-22)23-4-6-24(7-5-23)19(27)20(28)25-10-14-30-15-11-25/h1-3H,4-15H2. The van der Waals surface area contributed by atoms with Crippen LogP contribution in [0, 0.1) is 0 Å². The minimum Gasteiger partial charge on any atom is -0.378 e. The van der Waals surface area contributed by atoms with Gasteiger partial charge in [-0.25, -0.2) is 4.98 Å². The molecular weight excluding hydrogens is 390 g/mol. The highest BCUT2D eigenvalue weighted by Crippen LogP contribution is 2.21. The van der Waals surface area contributed by atoms with Crippen molar-refractivity contribution in [2.75, 3.05) is 83.7 Å². The van der Waals surface area contributed by atoms with Crippen LogP contribution in [0.3, 0.4) is 0 Å². The molecule has 0 unspecified atom stereocenters. The van der Waals surface area contributed by atoms with E-state index in [9.17, 15) is 14.4 Å². The normalized spacial score (nSPS) is 20.3. The summed E-state index contributed by atoms with van der Waals surface area (Å²) in [5.74, 6) is -0.415. The highest BCUT2D eigenvalue weighted by Gasteiger charge is 2.32. The molecule has 3 fully saturated rings. The zero-order valence-corrected chi connectivity index (χ0v) is 17.0. The minimum absolute atomic E-state index is 0.101. The number of pyridine rings is 1. The number of amides is 3. The molecule has 0 saturated carbocycles. The van der Waals surface area contributed by atoms with Crippen molar-refractivity contribution in [1.29, 1.82) is 0 Å². The van der Waals surface area contributed by atoms with Crippen LogP contribution < -0.4 is 4.90 Å². The minimum atomic E-state index is -0.501. The molecule has 0 atom stereocenters. The van der Waals surface area contributed by atoms with Crippen molar-refractivity contribution in [2.45, 2.75) is 0 Å². The summed E-state index contributed by atoms with van der Waals surface area (Å²) >= 11 is 0. The quantitative estimate of drug-likeness (QED) is 0.573. The number of hydrogen-bond donors (Lipinski definition) is 0. The maximum absolute atomic E-state index is 13.2. The zero-order valence-electron chi connectivity index (χ0n) is 17.0. The van der Waals surface area contributed by atoms with Crippen molar-refractivity contribution in [2.24, 2.45) is 0 Å². The van der Waals surface area contributed by atoms with Crippen molar-refractivity contribution in [3.63, 3.8) is 0 Å². The van der Waals surface area contributed by atoms with Crippen LogP contribution in [-0.2, 0) is 19.1 Å². The number of nitrogens with zero attached hydrogens (tertiary/aromatic N) is 5. The predicted molar refractivity (Wildman–Crippen MR) is 107 cm³/mol. The Kier molecular flexibility index (Phi) is 6.44. The lowest BCUT2D eigenvalue weighted by molar-refractivity contribution is -0.154. The van der Waals surface area contributed by atoms with Crippen LogP contribution in [0.1, 0.15) is 10.4 Å². The van der Waals surface area contributed by atoms with Crippen molar-refractivity contribution < 1.29 is 23.9 Å². The molecule has 30 heavy (non-hydrogen) atoms. The molecule has 0 aromatic carbocycles. The highest BCUT2D eigenvalue weighted by molar-refractivity contribution is 6.35. The van der Waals surface area contributed by atoms with Gasteiger partial charge in [0.25, 0.3) is 5.91 Å². The van der Waals surface area contributed by atoms with Gasteiger partial charge in [0.1, 0.15) is 5.82 Å². The summed E-state index contributed by atoms with van der Waals surface area (Å²) in [6, 6.07) is 3.55. The summed E-state index contributed by atoms with van der Waals surface area (Å²) in [5.41, 5.74) is 0.559. The molecule has 4 heterocycles. The molecular formula is C20H27N5O5. The van der Waals surface area contributed by atoms with Gasteiger partial charge in [0.05, 0.1) is 32.0 Å². The van der Waals surface area contributed by atoms with E-state index in [1.807, 2.05) is 0 Å². The van der Waals surface area contributed by atoms with Gasteiger partial charge in [-0.05, 0) is 12.1 Å². The first kappa shape index (κ1) is 20.5. The number of hydrogen-bond acceptors (Lipinski definition) is 7. The van der Waals surface area contributed by atoms with Crippen LogP contribution >= 0.6 is 0 Å². The number of rotatable bonds is 2. The maximum atomic E-state index is 13.2. The summed E-state index contributed by atoms with van der Waals surface area (Å²) < 4.78 is 10.6. The summed E-state index contributed by atoms with van der Waals surface area (Å²) in [5, 5.41) is 0. The molecule has 0 bridgehead atoms. The Morgan fingerprint density at radius 3 is 1.90 bits per heavy atom. The molecule has 4 rings (SSSR count). The third-order valence-electron chi connectivity index (χ3n) is 5.66. The van der Waals surface area contributed by atoms with Crippen molar-refractivity contribution in [1.82, 2.24) is 19.7 Å². The van der Waals surface area contributed by atoms with Gasteiger partial charge in [-0.3, -0.25) is 14.4 Å². The topological polar surface area (TPSA) is 95.5 Å². The van der Waals surface area contributed by atoms with Crippen LogP contribution in [0.25, 0.3) is 0 Å². The number of ether oxygens (including phenoxy) is 2. The van der Waals surface area contributed by atoms with E-state index in [-0.39, 0.29) is 5.91 Å². The lowest BCUT2D eigenvalue weighted by atomic mass is 10.1. The first-order valence-corrected chi connectivity index (χ1v) is 10.4. The largest absolute Gasteiger partial charge is 0.378 e. The second-order valence-electron chi connectivity index (χ2n) is 7.46. The first-order valence-electron chi connectivity index (χ1n) is 10.4. The van der Waals surface area contributed by atoms with E-state index >= 15 is 0 Å². The molecule has 0 radical (unpaired) electrons. The lowest BCUT2D eigenvalue weighted by Crippen LogP contribution is -2.55. The molecule has 3 aliphatic heterocycles. The maximum Gasteiger partial charge on any atom is 0.312 e. The second-order valence-corrected chi connectivity index (χ2v) is 7.46. The van der Waals surface area contributed by atoms with Crippen LogP contribution in [-0.4, -0.2) is 116 Å². The van der Waals surface area contributed by atoms with E-state index in [1.54, 1.807) is 23.2 Å². The Morgan fingerprint density at radius 1 is 0.733 bits per heavy atom. The number of anilines is 1. The van der Waals surface area contributed by atoms with E-state index in [0.29, 0.717) is 90.2 Å². The lowest BCUT2D eigenvalue weighted by Gasteiger charge is -2.36. The number of aromatic nitrogens is 1. The second kappa shape index (κ2) is 9.40. The fourth-order valence-corrected chi connectivity index (χ4v) is 3.91. The number of morpholine rings is 2. The van der Waals surface area contributed by atoms with Gasteiger partial charge in [-0.1, -0.05) is 0 Å². The zero-order chi connectivity index (χ0) is 20.9. The molecule has 0 N–H and O–H groups in total. The van der Waals surface area contributed by atoms with E-state index in [1.165, 1.54) is 9.80 Å². The molecule has 10 heteroatoms. The van der Waals surface area contributed by atoms with Crippen LogP contribution in [0.15, 0.2) is 18.3 Å². The summed E-state index contributed by atoms with van der Waals surface area (Å²) in [6.45, 7) is 5.87. The SMILES string of the molecule is O=C(C(=O)N1CCN(C(=O)c2cccnc2N2CCOCC2)CC1)N1CCOCC1. The third kappa shape index (κ3) is 4.39. The number of piperazine rings is 1. The van der Waals surface area contributed by atoms with Gasteiger partial charge in [0, 0.05) is 58.6 Å². The van der Waals surface area contributed by atoms with Crippen LogP contribution in [0.5, 0.6) is 0 Å². The van der Waals surface area contributed by atoms with E-state index in [4.69, 9.17) is 9.47 Å². The van der Waals surface area contributed by atoms with E-state index in [0.717, 1.165) is 0 Å². The van der Waals surface area contributed by atoms with Gasteiger partial charge in [0.15, 0.2) is 0 Å². The van der Waals surface area contributed by atoms with Gasteiger partial charge >= 0.3 is 11.8 Å². The Bertz CT molecular complexity index is 784. The summed E-state index contributed by atoms with van der Waals surface area (Å²) in [4.78, 5) is 49.4.